The topological polar surface area (TPSA) is 47.9 Å². The molecular formula is C11H10ClN3O. The zero-order valence-electron chi connectivity index (χ0n) is 8.94. The van der Waals surface area contributed by atoms with Crippen LogP contribution in [-0.2, 0) is 0 Å². The number of rotatable bonds is 2. The van der Waals surface area contributed by atoms with E-state index in [1.165, 1.54) is 6.33 Å². The Morgan fingerprint density at radius 2 is 2.12 bits per heavy atom. The minimum atomic E-state index is 0.318. The van der Waals surface area contributed by atoms with Crippen LogP contribution in [0, 0.1) is 6.92 Å². The summed E-state index contributed by atoms with van der Waals surface area (Å²) in [7, 11) is 1.60. The Kier molecular flexibility index (Phi) is 3.01. The van der Waals surface area contributed by atoms with Crippen LogP contribution >= 0.6 is 11.6 Å². The highest BCUT2D eigenvalue weighted by Gasteiger charge is 2.12. The van der Waals surface area contributed by atoms with E-state index in [-0.39, 0.29) is 0 Å². The Morgan fingerprint density at radius 3 is 2.81 bits per heavy atom. The van der Waals surface area contributed by atoms with Crippen molar-refractivity contribution in [3.63, 3.8) is 0 Å². The molecule has 0 aliphatic rings. The normalized spacial score (nSPS) is 10.2. The van der Waals surface area contributed by atoms with E-state index >= 15 is 0 Å². The molecule has 0 unspecified atom stereocenters. The molecule has 0 fully saturated rings. The van der Waals surface area contributed by atoms with Gasteiger partial charge in [-0.05, 0) is 19.1 Å². The van der Waals surface area contributed by atoms with Crippen LogP contribution in [0.5, 0.6) is 5.75 Å². The monoisotopic (exact) mass is 235 g/mol. The quantitative estimate of drug-likeness (QED) is 0.803. The van der Waals surface area contributed by atoms with Gasteiger partial charge in [0.25, 0.3) is 0 Å². The van der Waals surface area contributed by atoms with Gasteiger partial charge in [0.05, 0.1) is 7.11 Å². The number of nitrogens with zero attached hydrogens (tertiary/aromatic N) is 3. The van der Waals surface area contributed by atoms with Crippen molar-refractivity contribution in [3.05, 3.63) is 35.2 Å². The van der Waals surface area contributed by atoms with Crippen LogP contribution in [-0.4, -0.2) is 22.3 Å². The number of halogens is 1. The summed E-state index contributed by atoms with van der Waals surface area (Å²) in [5, 5.41) is 8.02. The van der Waals surface area contributed by atoms with Crippen LogP contribution in [0.15, 0.2) is 24.5 Å². The molecule has 0 bridgehead atoms. The average Bonchev–Trinajstić information content (AvgIpc) is 2.29. The van der Waals surface area contributed by atoms with Crippen LogP contribution in [0.3, 0.4) is 0 Å². The standard InChI is InChI=1S/C11H10ClN3O/c1-7-3-4-9(16-2)8(5-7)10-11(12)13-6-14-15-10/h3-6H,1-2H3. The molecule has 0 N–H and O–H groups in total. The van der Waals surface area contributed by atoms with Gasteiger partial charge in [-0.2, -0.15) is 0 Å². The third kappa shape index (κ3) is 1.97. The fourth-order valence-electron chi connectivity index (χ4n) is 1.43. The third-order valence-electron chi connectivity index (χ3n) is 2.19. The highest BCUT2D eigenvalue weighted by Crippen LogP contribution is 2.32. The van der Waals surface area contributed by atoms with E-state index in [4.69, 9.17) is 16.3 Å². The summed E-state index contributed by atoms with van der Waals surface area (Å²) in [6, 6.07) is 5.77. The first-order valence-corrected chi connectivity index (χ1v) is 5.08. The zero-order chi connectivity index (χ0) is 11.5. The summed E-state index contributed by atoms with van der Waals surface area (Å²) in [4.78, 5) is 3.90. The van der Waals surface area contributed by atoms with E-state index in [1.54, 1.807) is 7.11 Å². The fourth-order valence-corrected chi connectivity index (χ4v) is 1.62. The van der Waals surface area contributed by atoms with Crippen molar-refractivity contribution in [2.45, 2.75) is 6.92 Å². The average molecular weight is 236 g/mol. The largest absolute Gasteiger partial charge is 0.496 e. The Hall–Kier alpha value is -1.68. The van der Waals surface area contributed by atoms with Crippen LogP contribution in [0.25, 0.3) is 11.3 Å². The summed E-state index contributed by atoms with van der Waals surface area (Å²) < 4.78 is 5.26. The summed E-state index contributed by atoms with van der Waals surface area (Å²) in [6.07, 6.45) is 1.31. The molecule has 4 nitrogen and oxygen atoms in total. The molecule has 82 valence electrons. The van der Waals surface area contributed by atoms with Crippen LogP contribution in [0.1, 0.15) is 5.56 Å². The number of methoxy groups -OCH3 is 1. The summed E-state index contributed by atoms with van der Waals surface area (Å²) in [6.45, 7) is 1.99. The highest BCUT2D eigenvalue weighted by atomic mass is 35.5. The first-order valence-electron chi connectivity index (χ1n) is 4.70. The molecule has 1 aromatic heterocycles. The van der Waals surface area contributed by atoms with Crippen LogP contribution in [0.4, 0.5) is 0 Å². The maximum absolute atomic E-state index is 5.97. The Morgan fingerprint density at radius 1 is 1.31 bits per heavy atom. The maximum Gasteiger partial charge on any atom is 0.159 e. The first kappa shape index (κ1) is 10.8. The number of aryl methyl sites for hydroxylation is 1. The third-order valence-corrected chi connectivity index (χ3v) is 2.46. The van der Waals surface area contributed by atoms with Crippen molar-refractivity contribution in [1.82, 2.24) is 15.2 Å². The molecule has 0 atom stereocenters. The molecule has 1 aromatic carbocycles. The SMILES string of the molecule is COc1ccc(C)cc1-c1nncnc1Cl. The Labute approximate surface area is 98.3 Å². The molecule has 0 amide bonds. The summed E-state index contributed by atoms with van der Waals surface area (Å²) in [5.74, 6) is 0.704. The van der Waals surface area contributed by atoms with E-state index in [0.29, 0.717) is 16.6 Å². The fraction of sp³-hybridized carbons (Fsp3) is 0.182. The lowest BCUT2D eigenvalue weighted by Crippen LogP contribution is -1.95. The van der Waals surface area contributed by atoms with Gasteiger partial charge in [0.2, 0.25) is 0 Å². The van der Waals surface area contributed by atoms with Gasteiger partial charge in [-0.25, -0.2) is 4.98 Å². The van der Waals surface area contributed by atoms with Gasteiger partial charge < -0.3 is 4.74 Å². The van der Waals surface area contributed by atoms with Gasteiger partial charge in [0.15, 0.2) is 5.15 Å². The minimum absolute atomic E-state index is 0.318. The van der Waals surface area contributed by atoms with Crippen molar-refractivity contribution < 1.29 is 4.74 Å². The second-order valence-electron chi connectivity index (χ2n) is 3.30. The molecule has 5 heteroatoms. The van der Waals surface area contributed by atoms with Crippen LogP contribution in [0.2, 0.25) is 5.15 Å². The lowest BCUT2D eigenvalue weighted by atomic mass is 10.1. The lowest BCUT2D eigenvalue weighted by molar-refractivity contribution is 0.416. The van der Waals surface area contributed by atoms with Gasteiger partial charge in [-0.1, -0.05) is 23.2 Å². The van der Waals surface area contributed by atoms with Gasteiger partial charge in [-0.15, -0.1) is 10.2 Å². The number of ether oxygens (including phenoxy) is 1. The second-order valence-corrected chi connectivity index (χ2v) is 3.66. The molecule has 0 spiro atoms. The molecular weight excluding hydrogens is 226 g/mol. The molecule has 2 aromatic rings. The lowest BCUT2D eigenvalue weighted by Gasteiger charge is -2.08. The molecule has 1 heterocycles. The van der Waals surface area contributed by atoms with Crippen molar-refractivity contribution in [1.29, 1.82) is 0 Å². The van der Waals surface area contributed by atoms with Crippen molar-refractivity contribution >= 4 is 11.6 Å². The summed E-state index contributed by atoms with van der Waals surface area (Å²) >= 11 is 5.97. The Balaban J connectivity index is 2.63. The summed E-state index contributed by atoms with van der Waals surface area (Å²) in [5.41, 5.74) is 2.43. The number of benzene rings is 1. The van der Waals surface area contributed by atoms with E-state index in [9.17, 15) is 0 Å². The van der Waals surface area contributed by atoms with Gasteiger partial charge in [-0.3, -0.25) is 0 Å². The van der Waals surface area contributed by atoms with E-state index in [2.05, 4.69) is 15.2 Å². The Bertz CT molecular complexity index is 516. The van der Waals surface area contributed by atoms with E-state index in [0.717, 1.165) is 11.1 Å². The first-order chi connectivity index (χ1) is 7.72. The van der Waals surface area contributed by atoms with Gasteiger partial charge in [0, 0.05) is 5.56 Å². The molecule has 0 aliphatic heterocycles. The van der Waals surface area contributed by atoms with Crippen molar-refractivity contribution in [2.24, 2.45) is 0 Å². The van der Waals surface area contributed by atoms with E-state index in [1.807, 2.05) is 25.1 Å². The zero-order valence-corrected chi connectivity index (χ0v) is 9.69. The molecule has 2 rings (SSSR count). The van der Waals surface area contributed by atoms with Gasteiger partial charge in [0.1, 0.15) is 17.8 Å². The smallest absolute Gasteiger partial charge is 0.159 e. The molecule has 0 saturated carbocycles. The van der Waals surface area contributed by atoms with Crippen molar-refractivity contribution in [2.75, 3.05) is 7.11 Å². The van der Waals surface area contributed by atoms with Gasteiger partial charge >= 0.3 is 0 Å². The number of hydrogen-bond acceptors (Lipinski definition) is 4. The van der Waals surface area contributed by atoms with Crippen molar-refractivity contribution in [3.8, 4) is 17.0 Å². The van der Waals surface area contributed by atoms with Crippen LogP contribution < -0.4 is 4.74 Å². The molecule has 0 aliphatic carbocycles. The maximum atomic E-state index is 5.97. The highest BCUT2D eigenvalue weighted by molar-refractivity contribution is 6.31. The van der Waals surface area contributed by atoms with E-state index < -0.39 is 0 Å². The minimum Gasteiger partial charge on any atom is -0.496 e. The predicted molar refractivity (Wildman–Crippen MR) is 61.6 cm³/mol. The number of aromatic nitrogens is 3. The number of hydrogen-bond donors (Lipinski definition) is 0. The molecule has 0 radical (unpaired) electrons. The second kappa shape index (κ2) is 4.45. The molecule has 0 saturated heterocycles. The predicted octanol–water partition coefficient (Wildman–Crippen LogP) is 2.51. The molecule has 16 heavy (non-hydrogen) atoms.